The van der Waals surface area contributed by atoms with Crippen molar-refractivity contribution in [2.24, 2.45) is 0 Å². The number of amides is 2. The van der Waals surface area contributed by atoms with Crippen molar-refractivity contribution < 1.29 is 14.7 Å². The maximum atomic E-state index is 11.2. The molecule has 0 unspecified atom stereocenters. The first-order chi connectivity index (χ1) is 7.11. The molecule has 3 N–H and O–H groups in total. The van der Waals surface area contributed by atoms with Crippen molar-refractivity contribution in [3.05, 3.63) is 0 Å². The van der Waals surface area contributed by atoms with Gasteiger partial charge in [0.05, 0.1) is 0 Å². The van der Waals surface area contributed by atoms with E-state index in [4.69, 9.17) is 5.11 Å². The smallest absolute Gasteiger partial charge is 0.326 e. The lowest BCUT2D eigenvalue weighted by Gasteiger charge is -2.14. The van der Waals surface area contributed by atoms with Crippen molar-refractivity contribution in [1.82, 2.24) is 10.6 Å². The Bertz CT molecular complexity index is 207. The molecule has 0 aliphatic rings. The molecule has 0 radical (unpaired) electrons. The van der Waals surface area contributed by atoms with Gasteiger partial charge in [-0.15, -0.1) is 0 Å². The molecule has 0 rings (SSSR count). The van der Waals surface area contributed by atoms with Crippen LogP contribution in [-0.4, -0.2) is 29.7 Å². The second-order valence-electron chi connectivity index (χ2n) is 3.43. The maximum absolute atomic E-state index is 11.2. The number of hydrogen-bond acceptors (Lipinski definition) is 2. The third-order valence-corrected chi connectivity index (χ3v) is 1.99. The molecule has 5 nitrogen and oxygen atoms in total. The molecular weight excluding hydrogens is 196 g/mol. The Morgan fingerprint density at radius 3 is 2.40 bits per heavy atom. The van der Waals surface area contributed by atoms with Crippen LogP contribution in [0.2, 0.25) is 0 Å². The molecule has 0 aromatic heterocycles. The zero-order valence-electron chi connectivity index (χ0n) is 9.38. The van der Waals surface area contributed by atoms with E-state index in [1.807, 2.05) is 13.8 Å². The Hall–Kier alpha value is -1.26. The van der Waals surface area contributed by atoms with E-state index < -0.39 is 18.0 Å². The molecule has 0 saturated heterocycles. The fraction of sp³-hybridized carbons (Fsp3) is 0.800. The van der Waals surface area contributed by atoms with Crippen molar-refractivity contribution in [3.63, 3.8) is 0 Å². The highest BCUT2D eigenvalue weighted by molar-refractivity contribution is 5.82. The fourth-order valence-electron chi connectivity index (χ4n) is 1.11. The summed E-state index contributed by atoms with van der Waals surface area (Å²) in [5.41, 5.74) is 0. The Morgan fingerprint density at radius 2 is 1.93 bits per heavy atom. The first-order valence-electron chi connectivity index (χ1n) is 5.39. The van der Waals surface area contributed by atoms with Gasteiger partial charge in [-0.2, -0.15) is 0 Å². The lowest BCUT2D eigenvalue weighted by Crippen LogP contribution is -2.46. The largest absolute Gasteiger partial charge is 0.480 e. The summed E-state index contributed by atoms with van der Waals surface area (Å²) < 4.78 is 0. The molecule has 0 aliphatic carbocycles. The number of carbonyl (C=O) groups excluding carboxylic acids is 1. The molecule has 0 fully saturated rings. The predicted octanol–water partition coefficient (Wildman–Crippen LogP) is 1.34. The van der Waals surface area contributed by atoms with Crippen molar-refractivity contribution in [2.45, 2.75) is 45.6 Å². The molecule has 0 heterocycles. The molecule has 5 heteroatoms. The minimum atomic E-state index is -0.977. The summed E-state index contributed by atoms with van der Waals surface area (Å²) in [6, 6.07) is -1.18. The van der Waals surface area contributed by atoms with Crippen molar-refractivity contribution in [2.75, 3.05) is 6.54 Å². The summed E-state index contributed by atoms with van der Waals surface area (Å²) in [5, 5.41) is 13.8. The van der Waals surface area contributed by atoms with E-state index in [0.717, 1.165) is 19.3 Å². The molecule has 0 aromatic carbocycles. The highest BCUT2D eigenvalue weighted by Crippen LogP contribution is 2.00. The number of carboxylic acids is 1. The van der Waals surface area contributed by atoms with E-state index in [1.165, 1.54) is 0 Å². The Balaban J connectivity index is 3.93. The second-order valence-corrected chi connectivity index (χ2v) is 3.43. The quantitative estimate of drug-likeness (QED) is 0.601. The number of urea groups is 1. The lowest BCUT2D eigenvalue weighted by molar-refractivity contribution is -0.139. The van der Waals surface area contributed by atoms with Crippen LogP contribution in [-0.2, 0) is 4.79 Å². The third-order valence-electron chi connectivity index (χ3n) is 1.99. The van der Waals surface area contributed by atoms with Gasteiger partial charge in [0, 0.05) is 6.54 Å². The van der Waals surface area contributed by atoms with Crippen LogP contribution >= 0.6 is 0 Å². The van der Waals surface area contributed by atoms with E-state index in [1.54, 1.807) is 0 Å². The van der Waals surface area contributed by atoms with Crippen LogP contribution in [0, 0.1) is 0 Å². The lowest BCUT2D eigenvalue weighted by atomic mass is 10.1. The zero-order chi connectivity index (χ0) is 11.7. The first-order valence-corrected chi connectivity index (χ1v) is 5.39. The number of rotatable bonds is 7. The third kappa shape index (κ3) is 6.76. The minimum absolute atomic E-state index is 0.402. The van der Waals surface area contributed by atoms with Gasteiger partial charge in [-0.1, -0.05) is 26.7 Å². The Labute approximate surface area is 90.2 Å². The number of nitrogens with one attached hydrogen (secondary N) is 2. The van der Waals surface area contributed by atoms with Gasteiger partial charge in [-0.05, 0) is 12.8 Å². The topological polar surface area (TPSA) is 78.4 Å². The molecule has 0 saturated carbocycles. The summed E-state index contributed by atoms with van der Waals surface area (Å²) in [6.07, 6.45) is 3.03. The Kier molecular flexibility index (Phi) is 7.40. The van der Waals surface area contributed by atoms with Gasteiger partial charge >= 0.3 is 12.0 Å². The maximum Gasteiger partial charge on any atom is 0.326 e. The second kappa shape index (κ2) is 8.08. The van der Waals surface area contributed by atoms with Crippen LogP contribution in [0.15, 0.2) is 0 Å². The van der Waals surface area contributed by atoms with Crippen molar-refractivity contribution >= 4 is 12.0 Å². The van der Waals surface area contributed by atoms with Crippen LogP contribution in [0.5, 0.6) is 0 Å². The summed E-state index contributed by atoms with van der Waals surface area (Å²) in [5.74, 6) is -0.977. The van der Waals surface area contributed by atoms with Crippen molar-refractivity contribution in [1.29, 1.82) is 0 Å². The van der Waals surface area contributed by atoms with Crippen LogP contribution in [0.25, 0.3) is 0 Å². The van der Waals surface area contributed by atoms with Gasteiger partial charge in [0.25, 0.3) is 0 Å². The molecule has 88 valence electrons. The summed E-state index contributed by atoms with van der Waals surface area (Å²) >= 11 is 0. The number of hydrogen-bond donors (Lipinski definition) is 3. The monoisotopic (exact) mass is 216 g/mol. The van der Waals surface area contributed by atoms with Gasteiger partial charge in [0.15, 0.2) is 0 Å². The highest BCUT2D eigenvalue weighted by Gasteiger charge is 2.18. The zero-order valence-corrected chi connectivity index (χ0v) is 9.38. The molecule has 0 aromatic rings. The predicted molar refractivity (Wildman–Crippen MR) is 57.8 cm³/mol. The molecule has 0 aliphatic heterocycles. The summed E-state index contributed by atoms with van der Waals surface area (Å²) in [4.78, 5) is 22.0. The molecule has 0 bridgehead atoms. The Morgan fingerprint density at radius 1 is 1.27 bits per heavy atom. The first kappa shape index (κ1) is 13.7. The molecule has 0 spiro atoms. The summed E-state index contributed by atoms with van der Waals surface area (Å²) in [6.45, 7) is 4.48. The van der Waals surface area contributed by atoms with E-state index in [-0.39, 0.29) is 0 Å². The van der Waals surface area contributed by atoms with Gasteiger partial charge in [0.2, 0.25) is 0 Å². The molecule has 1 atom stereocenters. The van der Waals surface area contributed by atoms with E-state index in [2.05, 4.69) is 10.6 Å². The van der Waals surface area contributed by atoms with Crippen LogP contribution in [0.3, 0.4) is 0 Å². The molecule has 15 heavy (non-hydrogen) atoms. The van der Waals surface area contributed by atoms with Gasteiger partial charge in [-0.3, -0.25) is 0 Å². The van der Waals surface area contributed by atoms with E-state index >= 15 is 0 Å². The average Bonchev–Trinajstić information content (AvgIpc) is 2.20. The van der Waals surface area contributed by atoms with Crippen LogP contribution < -0.4 is 10.6 Å². The van der Waals surface area contributed by atoms with Crippen molar-refractivity contribution in [3.8, 4) is 0 Å². The highest BCUT2D eigenvalue weighted by atomic mass is 16.4. The SMILES string of the molecule is CCCC[C@H](NC(=O)NCCC)C(=O)O. The normalized spacial score (nSPS) is 11.9. The van der Waals surface area contributed by atoms with E-state index in [9.17, 15) is 9.59 Å². The number of carbonyl (C=O) groups is 2. The van der Waals surface area contributed by atoms with Gasteiger partial charge < -0.3 is 15.7 Å². The van der Waals surface area contributed by atoms with Crippen LogP contribution in [0.1, 0.15) is 39.5 Å². The number of carboxylic acid groups (broad SMARTS) is 1. The van der Waals surface area contributed by atoms with Gasteiger partial charge in [-0.25, -0.2) is 9.59 Å². The molecule has 2 amide bonds. The average molecular weight is 216 g/mol. The van der Waals surface area contributed by atoms with Crippen LogP contribution in [0.4, 0.5) is 4.79 Å². The number of unbranched alkanes of at least 4 members (excludes halogenated alkanes) is 1. The standard InChI is InChI=1S/C10H20N2O3/c1-3-5-6-8(9(13)14)12-10(15)11-7-4-2/h8H,3-7H2,1-2H3,(H,13,14)(H2,11,12,15)/t8-/m0/s1. The fourth-order valence-corrected chi connectivity index (χ4v) is 1.11. The minimum Gasteiger partial charge on any atom is -0.480 e. The van der Waals surface area contributed by atoms with Gasteiger partial charge in [0.1, 0.15) is 6.04 Å². The number of aliphatic carboxylic acids is 1. The van der Waals surface area contributed by atoms with E-state index in [0.29, 0.717) is 13.0 Å². The summed E-state index contributed by atoms with van der Waals surface area (Å²) in [7, 11) is 0. The molecular formula is C10H20N2O3.